The van der Waals surface area contributed by atoms with Gasteiger partial charge in [-0.2, -0.15) is 0 Å². The average Bonchev–Trinajstić information content (AvgIpc) is 2.29. The number of hydrogen-bond donors (Lipinski definition) is 0. The minimum atomic E-state index is -0.844. The SMILES string of the molecule is Cc1cc(Sc2ccc(F)c(F)c2)ncc1Br. The van der Waals surface area contributed by atoms with Gasteiger partial charge in [-0.25, -0.2) is 13.8 Å². The third-order valence-corrected chi connectivity index (χ3v) is 3.89. The van der Waals surface area contributed by atoms with Gasteiger partial charge in [-0.1, -0.05) is 11.8 Å². The van der Waals surface area contributed by atoms with E-state index in [2.05, 4.69) is 20.9 Å². The fourth-order valence-corrected chi connectivity index (χ4v) is 2.33. The summed E-state index contributed by atoms with van der Waals surface area (Å²) in [7, 11) is 0. The van der Waals surface area contributed by atoms with Gasteiger partial charge in [0.2, 0.25) is 0 Å². The summed E-state index contributed by atoms with van der Waals surface area (Å²) in [5.41, 5.74) is 1.05. The van der Waals surface area contributed by atoms with Crippen molar-refractivity contribution in [2.24, 2.45) is 0 Å². The number of halogens is 3. The first-order chi connectivity index (χ1) is 8.06. The highest BCUT2D eigenvalue weighted by atomic mass is 79.9. The zero-order chi connectivity index (χ0) is 12.4. The van der Waals surface area contributed by atoms with Crippen molar-refractivity contribution in [3.05, 3.63) is 52.1 Å². The summed E-state index contributed by atoms with van der Waals surface area (Å²) in [5, 5.41) is 0.747. The van der Waals surface area contributed by atoms with E-state index < -0.39 is 11.6 Å². The molecule has 0 saturated carbocycles. The van der Waals surface area contributed by atoms with Crippen LogP contribution in [0.25, 0.3) is 0 Å². The van der Waals surface area contributed by atoms with Crippen molar-refractivity contribution in [3.63, 3.8) is 0 Å². The van der Waals surface area contributed by atoms with Crippen molar-refractivity contribution in [3.8, 4) is 0 Å². The number of aromatic nitrogens is 1. The summed E-state index contributed by atoms with van der Waals surface area (Å²) in [5.74, 6) is -1.68. The standard InChI is InChI=1S/C12H8BrF2NS/c1-7-4-12(16-6-9(7)13)17-8-2-3-10(14)11(15)5-8/h2-6H,1H3. The summed E-state index contributed by atoms with van der Waals surface area (Å²) in [6, 6.07) is 5.70. The van der Waals surface area contributed by atoms with E-state index in [0.717, 1.165) is 21.1 Å². The van der Waals surface area contributed by atoms with Crippen LogP contribution in [0.2, 0.25) is 0 Å². The van der Waals surface area contributed by atoms with Crippen molar-refractivity contribution in [2.45, 2.75) is 16.8 Å². The molecule has 1 nitrogen and oxygen atoms in total. The van der Waals surface area contributed by atoms with Gasteiger partial charge in [-0.3, -0.25) is 0 Å². The van der Waals surface area contributed by atoms with E-state index in [-0.39, 0.29) is 0 Å². The number of benzene rings is 1. The molecule has 0 atom stereocenters. The quantitative estimate of drug-likeness (QED) is 0.804. The molecule has 1 heterocycles. The molecule has 0 radical (unpaired) electrons. The summed E-state index contributed by atoms with van der Waals surface area (Å²) >= 11 is 4.65. The van der Waals surface area contributed by atoms with Gasteiger partial charge in [0.25, 0.3) is 0 Å². The smallest absolute Gasteiger partial charge is 0.159 e. The maximum absolute atomic E-state index is 13.0. The highest BCUT2D eigenvalue weighted by Gasteiger charge is 2.05. The molecular formula is C12H8BrF2NS. The fourth-order valence-electron chi connectivity index (χ4n) is 1.23. The molecule has 2 aromatic rings. The van der Waals surface area contributed by atoms with Gasteiger partial charge in [0.1, 0.15) is 5.03 Å². The maximum atomic E-state index is 13.0. The molecule has 0 fully saturated rings. The Kier molecular flexibility index (Phi) is 3.79. The highest BCUT2D eigenvalue weighted by molar-refractivity contribution is 9.10. The lowest BCUT2D eigenvalue weighted by atomic mass is 10.3. The molecule has 0 N–H and O–H groups in total. The topological polar surface area (TPSA) is 12.9 Å². The monoisotopic (exact) mass is 315 g/mol. The zero-order valence-electron chi connectivity index (χ0n) is 8.88. The minimum Gasteiger partial charge on any atom is -0.248 e. The largest absolute Gasteiger partial charge is 0.248 e. The van der Waals surface area contributed by atoms with E-state index in [4.69, 9.17) is 0 Å². The number of pyridine rings is 1. The maximum Gasteiger partial charge on any atom is 0.159 e. The van der Waals surface area contributed by atoms with E-state index in [1.807, 2.05) is 13.0 Å². The highest BCUT2D eigenvalue weighted by Crippen LogP contribution is 2.29. The normalized spacial score (nSPS) is 10.6. The van der Waals surface area contributed by atoms with Gasteiger partial charge in [-0.05, 0) is 52.7 Å². The Hall–Kier alpha value is -0.940. The molecule has 5 heteroatoms. The van der Waals surface area contributed by atoms with Gasteiger partial charge in [0, 0.05) is 15.6 Å². The molecule has 0 aliphatic rings. The molecule has 0 bridgehead atoms. The van der Waals surface area contributed by atoms with Crippen LogP contribution in [0.15, 0.2) is 44.9 Å². The average molecular weight is 316 g/mol. The second-order valence-electron chi connectivity index (χ2n) is 3.45. The molecule has 17 heavy (non-hydrogen) atoms. The van der Waals surface area contributed by atoms with Gasteiger partial charge >= 0.3 is 0 Å². The third kappa shape index (κ3) is 3.04. The van der Waals surface area contributed by atoms with Gasteiger partial charge in [0.05, 0.1) is 0 Å². The summed E-state index contributed by atoms with van der Waals surface area (Å²) in [6.07, 6.45) is 1.69. The molecule has 0 unspecified atom stereocenters. The molecule has 0 spiro atoms. The van der Waals surface area contributed by atoms with Crippen LogP contribution in [0.1, 0.15) is 5.56 Å². The first kappa shape index (κ1) is 12.5. The van der Waals surface area contributed by atoms with Crippen molar-refractivity contribution in [1.82, 2.24) is 4.98 Å². The summed E-state index contributed by atoms with van der Waals surface area (Å²) in [4.78, 5) is 4.81. The second-order valence-corrected chi connectivity index (χ2v) is 5.40. The van der Waals surface area contributed by atoms with Crippen LogP contribution in [0.3, 0.4) is 0 Å². The lowest BCUT2D eigenvalue weighted by molar-refractivity contribution is 0.506. The third-order valence-electron chi connectivity index (χ3n) is 2.14. The molecule has 0 aliphatic carbocycles. The Balaban J connectivity index is 2.25. The van der Waals surface area contributed by atoms with Gasteiger partial charge < -0.3 is 0 Å². The van der Waals surface area contributed by atoms with Crippen LogP contribution in [0.4, 0.5) is 8.78 Å². The Morgan fingerprint density at radius 1 is 1.18 bits per heavy atom. The van der Waals surface area contributed by atoms with Crippen LogP contribution in [0, 0.1) is 18.6 Å². The Bertz CT molecular complexity index is 511. The van der Waals surface area contributed by atoms with Crippen LogP contribution in [-0.2, 0) is 0 Å². The number of rotatable bonds is 2. The zero-order valence-corrected chi connectivity index (χ0v) is 11.3. The number of hydrogen-bond acceptors (Lipinski definition) is 2. The Morgan fingerprint density at radius 3 is 2.59 bits per heavy atom. The van der Waals surface area contributed by atoms with Crippen LogP contribution < -0.4 is 0 Å². The van der Waals surface area contributed by atoms with Gasteiger partial charge in [-0.15, -0.1) is 0 Å². The molecule has 1 aromatic heterocycles. The van der Waals surface area contributed by atoms with E-state index in [9.17, 15) is 8.78 Å². The first-order valence-electron chi connectivity index (χ1n) is 4.81. The molecule has 0 aliphatic heterocycles. The molecule has 0 amide bonds. The van der Waals surface area contributed by atoms with E-state index in [1.165, 1.54) is 23.9 Å². The van der Waals surface area contributed by atoms with Gasteiger partial charge in [0.15, 0.2) is 11.6 Å². The van der Waals surface area contributed by atoms with Crippen LogP contribution in [0.5, 0.6) is 0 Å². The van der Waals surface area contributed by atoms with E-state index >= 15 is 0 Å². The predicted molar refractivity (Wildman–Crippen MR) is 67.2 cm³/mol. The first-order valence-corrected chi connectivity index (χ1v) is 6.42. The Morgan fingerprint density at radius 2 is 1.94 bits per heavy atom. The number of aryl methyl sites for hydroxylation is 1. The van der Waals surface area contributed by atoms with Crippen molar-refractivity contribution in [2.75, 3.05) is 0 Å². The van der Waals surface area contributed by atoms with Crippen molar-refractivity contribution >= 4 is 27.7 Å². The van der Waals surface area contributed by atoms with Crippen molar-refractivity contribution < 1.29 is 8.78 Å². The van der Waals surface area contributed by atoms with Crippen LogP contribution >= 0.6 is 27.7 Å². The van der Waals surface area contributed by atoms with Crippen molar-refractivity contribution in [1.29, 1.82) is 0 Å². The molecule has 0 saturated heterocycles. The van der Waals surface area contributed by atoms with E-state index in [1.54, 1.807) is 6.20 Å². The predicted octanol–water partition coefficient (Wildman–Crippen LogP) is 4.58. The minimum absolute atomic E-state index is 0.623. The fraction of sp³-hybridized carbons (Fsp3) is 0.0833. The second kappa shape index (κ2) is 5.14. The number of nitrogens with zero attached hydrogens (tertiary/aromatic N) is 1. The molecular weight excluding hydrogens is 308 g/mol. The Labute approximate surface area is 110 Å². The van der Waals surface area contributed by atoms with Crippen LogP contribution in [-0.4, -0.2) is 4.98 Å². The van der Waals surface area contributed by atoms with E-state index in [0.29, 0.717) is 4.90 Å². The lowest BCUT2D eigenvalue weighted by Gasteiger charge is -2.03. The molecule has 88 valence electrons. The lowest BCUT2D eigenvalue weighted by Crippen LogP contribution is -1.86. The summed E-state index contributed by atoms with van der Waals surface area (Å²) < 4.78 is 26.7. The molecule has 2 rings (SSSR count). The summed E-state index contributed by atoms with van der Waals surface area (Å²) in [6.45, 7) is 1.95. The molecule has 1 aromatic carbocycles.